The van der Waals surface area contributed by atoms with Crippen molar-refractivity contribution in [2.24, 2.45) is 0 Å². The fraction of sp³-hybridized carbons (Fsp3) is 0.300. The number of benzene rings is 1. The summed E-state index contributed by atoms with van der Waals surface area (Å²) in [4.78, 5) is 10.0. The van der Waals surface area contributed by atoms with E-state index in [-0.39, 0.29) is 0 Å². The van der Waals surface area contributed by atoms with E-state index in [1.165, 1.54) is 0 Å². The van der Waals surface area contributed by atoms with Crippen LogP contribution >= 0.6 is 0 Å². The van der Waals surface area contributed by atoms with Crippen molar-refractivity contribution in [2.45, 2.75) is 6.42 Å². The molecule has 0 aliphatic rings. The highest BCUT2D eigenvalue weighted by Gasteiger charge is 1.95. The van der Waals surface area contributed by atoms with Gasteiger partial charge >= 0.3 is 0 Å². The molecule has 3 heteroatoms. The summed E-state index contributed by atoms with van der Waals surface area (Å²) in [6, 6.07) is 7.29. The van der Waals surface area contributed by atoms with E-state index in [9.17, 15) is 4.79 Å². The van der Waals surface area contributed by atoms with Gasteiger partial charge in [-0.1, -0.05) is 6.07 Å². The molecular weight excluding hydrogens is 168 g/mol. The fourth-order valence-electron chi connectivity index (χ4n) is 0.916. The molecular formula is C10H12O3. The standard InChI is InChI=1S/C10H12O3/c1-12-9-4-2-5-10(8-9)13-7-3-6-11/h2,4-6,8H,3,7H2,1H3. The zero-order chi connectivity index (χ0) is 9.52. The van der Waals surface area contributed by atoms with Gasteiger partial charge in [0.05, 0.1) is 13.7 Å². The van der Waals surface area contributed by atoms with E-state index >= 15 is 0 Å². The highest BCUT2D eigenvalue weighted by atomic mass is 16.5. The second-order valence-electron chi connectivity index (χ2n) is 2.48. The van der Waals surface area contributed by atoms with Gasteiger partial charge in [-0.05, 0) is 12.1 Å². The lowest BCUT2D eigenvalue weighted by atomic mass is 10.3. The highest BCUT2D eigenvalue weighted by molar-refractivity contribution is 5.49. The molecule has 0 amide bonds. The Morgan fingerprint density at radius 3 is 2.85 bits per heavy atom. The smallest absolute Gasteiger partial charge is 0.123 e. The van der Waals surface area contributed by atoms with Crippen LogP contribution in [0.25, 0.3) is 0 Å². The van der Waals surface area contributed by atoms with Gasteiger partial charge < -0.3 is 14.3 Å². The van der Waals surface area contributed by atoms with E-state index in [2.05, 4.69) is 0 Å². The molecule has 13 heavy (non-hydrogen) atoms. The first-order valence-electron chi connectivity index (χ1n) is 4.07. The summed E-state index contributed by atoms with van der Waals surface area (Å²) in [7, 11) is 1.60. The van der Waals surface area contributed by atoms with Crippen LogP contribution in [0.3, 0.4) is 0 Å². The first kappa shape index (κ1) is 9.58. The third kappa shape index (κ3) is 3.15. The van der Waals surface area contributed by atoms with Gasteiger partial charge in [-0.2, -0.15) is 0 Å². The maximum absolute atomic E-state index is 10.0. The minimum absolute atomic E-state index is 0.413. The zero-order valence-corrected chi connectivity index (χ0v) is 7.53. The molecule has 0 radical (unpaired) electrons. The van der Waals surface area contributed by atoms with Crippen molar-refractivity contribution in [3.8, 4) is 11.5 Å². The van der Waals surface area contributed by atoms with Gasteiger partial charge in [-0.15, -0.1) is 0 Å². The Kier molecular flexibility index (Phi) is 3.82. The van der Waals surface area contributed by atoms with Crippen LogP contribution < -0.4 is 9.47 Å². The number of rotatable bonds is 5. The van der Waals surface area contributed by atoms with Crippen LogP contribution in [0.4, 0.5) is 0 Å². The SMILES string of the molecule is COc1cccc(OCCC=O)c1. The summed E-state index contributed by atoms with van der Waals surface area (Å²) in [6.07, 6.45) is 1.25. The van der Waals surface area contributed by atoms with Gasteiger partial charge in [0.15, 0.2) is 0 Å². The van der Waals surface area contributed by atoms with Crippen molar-refractivity contribution in [2.75, 3.05) is 13.7 Å². The van der Waals surface area contributed by atoms with Crippen LogP contribution in [-0.4, -0.2) is 20.0 Å². The minimum Gasteiger partial charge on any atom is -0.497 e. The fourth-order valence-corrected chi connectivity index (χ4v) is 0.916. The zero-order valence-electron chi connectivity index (χ0n) is 7.53. The molecule has 0 atom stereocenters. The van der Waals surface area contributed by atoms with E-state index in [0.717, 1.165) is 17.8 Å². The molecule has 0 bridgehead atoms. The molecule has 1 rings (SSSR count). The predicted molar refractivity (Wildman–Crippen MR) is 49.2 cm³/mol. The Hall–Kier alpha value is -1.51. The highest BCUT2D eigenvalue weighted by Crippen LogP contribution is 2.18. The quantitative estimate of drug-likeness (QED) is 0.510. The topological polar surface area (TPSA) is 35.5 Å². The molecule has 70 valence electrons. The largest absolute Gasteiger partial charge is 0.497 e. The molecule has 0 fully saturated rings. The Bertz CT molecular complexity index is 271. The van der Waals surface area contributed by atoms with Crippen molar-refractivity contribution in [3.63, 3.8) is 0 Å². The molecule has 0 saturated heterocycles. The van der Waals surface area contributed by atoms with E-state index in [4.69, 9.17) is 9.47 Å². The molecule has 0 spiro atoms. The lowest BCUT2D eigenvalue weighted by molar-refractivity contribution is -0.108. The normalized spacial score (nSPS) is 9.31. The van der Waals surface area contributed by atoms with Gasteiger partial charge in [0, 0.05) is 12.5 Å². The molecule has 1 aromatic carbocycles. The average Bonchev–Trinajstić information content (AvgIpc) is 2.19. The predicted octanol–water partition coefficient (Wildman–Crippen LogP) is 1.66. The third-order valence-corrected chi connectivity index (χ3v) is 1.55. The number of hydrogen-bond donors (Lipinski definition) is 0. The monoisotopic (exact) mass is 180 g/mol. The van der Waals surface area contributed by atoms with Crippen LogP contribution in [0.15, 0.2) is 24.3 Å². The van der Waals surface area contributed by atoms with Gasteiger partial charge in [-0.3, -0.25) is 0 Å². The summed E-state index contributed by atoms with van der Waals surface area (Å²) in [5.41, 5.74) is 0. The van der Waals surface area contributed by atoms with Gasteiger partial charge in [-0.25, -0.2) is 0 Å². The lowest BCUT2D eigenvalue weighted by Crippen LogP contribution is -1.97. The molecule has 0 unspecified atom stereocenters. The van der Waals surface area contributed by atoms with Crippen molar-refractivity contribution >= 4 is 6.29 Å². The Morgan fingerprint density at radius 1 is 1.38 bits per heavy atom. The average molecular weight is 180 g/mol. The molecule has 1 aromatic rings. The third-order valence-electron chi connectivity index (χ3n) is 1.55. The van der Waals surface area contributed by atoms with Crippen molar-refractivity contribution in [3.05, 3.63) is 24.3 Å². The summed E-state index contributed by atoms with van der Waals surface area (Å²) in [5.74, 6) is 1.48. The molecule has 0 aliphatic carbocycles. The number of carbonyl (C=O) groups excluding carboxylic acids is 1. The minimum atomic E-state index is 0.413. The summed E-state index contributed by atoms with van der Waals surface area (Å²) >= 11 is 0. The lowest BCUT2D eigenvalue weighted by Gasteiger charge is -2.05. The summed E-state index contributed by atoms with van der Waals surface area (Å²) in [5, 5.41) is 0. The second-order valence-corrected chi connectivity index (χ2v) is 2.48. The number of carbonyl (C=O) groups is 1. The summed E-state index contributed by atoms with van der Waals surface area (Å²) in [6.45, 7) is 0.413. The van der Waals surface area contributed by atoms with Gasteiger partial charge in [0.25, 0.3) is 0 Å². The van der Waals surface area contributed by atoms with E-state index in [1.54, 1.807) is 13.2 Å². The maximum atomic E-state index is 10.0. The van der Waals surface area contributed by atoms with Crippen LogP contribution in [-0.2, 0) is 4.79 Å². The molecule has 0 saturated carbocycles. The number of aldehydes is 1. The van der Waals surface area contributed by atoms with E-state index < -0.39 is 0 Å². The van der Waals surface area contributed by atoms with Gasteiger partial charge in [0.1, 0.15) is 17.8 Å². The van der Waals surface area contributed by atoms with E-state index in [0.29, 0.717) is 13.0 Å². The molecule has 3 nitrogen and oxygen atoms in total. The molecule has 0 N–H and O–H groups in total. The first-order valence-corrected chi connectivity index (χ1v) is 4.07. The number of methoxy groups -OCH3 is 1. The van der Waals surface area contributed by atoms with Crippen LogP contribution in [0.5, 0.6) is 11.5 Å². The van der Waals surface area contributed by atoms with Crippen LogP contribution in [0.2, 0.25) is 0 Å². The van der Waals surface area contributed by atoms with Crippen LogP contribution in [0.1, 0.15) is 6.42 Å². The Morgan fingerprint density at radius 2 is 2.15 bits per heavy atom. The summed E-state index contributed by atoms with van der Waals surface area (Å²) < 4.78 is 10.3. The second kappa shape index (κ2) is 5.19. The Balaban J connectivity index is 2.50. The maximum Gasteiger partial charge on any atom is 0.123 e. The molecule has 0 aliphatic heterocycles. The van der Waals surface area contributed by atoms with Crippen molar-refractivity contribution in [1.29, 1.82) is 0 Å². The number of ether oxygens (including phenoxy) is 2. The molecule has 0 heterocycles. The van der Waals surface area contributed by atoms with E-state index in [1.807, 2.05) is 18.2 Å². The van der Waals surface area contributed by atoms with Crippen molar-refractivity contribution < 1.29 is 14.3 Å². The Labute approximate surface area is 77.3 Å². The van der Waals surface area contributed by atoms with Gasteiger partial charge in [0.2, 0.25) is 0 Å². The van der Waals surface area contributed by atoms with Crippen LogP contribution in [0, 0.1) is 0 Å². The van der Waals surface area contributed by atoms with Crippen molar-refractivity contribution in [1.82, 2.24) is 0 Å². The number of hydrogen-bond acceptors (Lipinski definition) is 3. The molecule has 0 aromatic heterocycles. The first-order chi connectivity index (χ1) is 6.36.